The minimum Gasteiger partial charge on any atom is -0.463 e. The molecular formula is C38H74O14. The van der Waals surface area contributed by atoms with E-state index in [9.17, 15) is 9.59 Å². The van der Waals surface area contributed by atoms with Crippen molar-refractivity contribution in [2.45, 2.75) is 90.9 Å². The summed E-state index contributed by atoms with van der Waals surface area (Å²) >= 11 is 0. The molecule has 0 N–H and O–H groups in total. The molecular weight excluding hydrogens is 680 g/mol. The van der Waals surface area contributed by atoms with Gasteiger partial charge in [0.1, 0.15) is 13.2 Å². The van der Waals surface area contributed by atoms with Crippen molar-refractivity contribution in [1.82, 2.24) is 0 Å². The van der Waals surface area contributed by atoms with Crippen LogP contribution in [0.4, 0.5) is 0 Å². The fourth-order valence-corrected chi connectivity index (χ4v) is 4.40. The van der Waals surface area contributed by atoms with Crippen LogP contribution in [0, 0.1) is 0 Å². The first-order valence-corrected chi connectivity index (χ1v) is 19.8. The Morgan fingerprint density at radius 2 is 0.462 bits per heavy atom. The van der Waals surface area contributed by atoms with E-state index in [0.29, 0.717) is 145 Å². The number of ether oxygens (including phenoxy) is 12. The molecule has 52 heavy (non-hydrogen) atoms. The van der Waals surface area contributed by atoms with Gasteiger partial charge in [-0.05, 0) is 12.8 Å². The topological polar surface area (TPSA) is 145 Å². The van der Waals surface area contributed by atoms with Crippen LogP contribution < -0.4 is 0 Å². The van der Waals surface area contributed by atoms with E-state index in [1.54, 1.807) is 0 Å². The van der Waals surface area contributed by atoms with E-state index in [4.69, 9.17) is 56.8 Å². The molecule has 0 bridgehead atoms. The lowest BCUT2D eigenvalue weighted by molar-refractivity contribution is -0.146. The van der Waals surface area contributed by atoms with Crippen LogP contribution in [0.2, 0.25) is 0 Å². The summed E-state index contributed by atoms with van der Waals surface area (Å²) in [5, 5.41) is 0. The molecule has 0 aliphatic carbocycles. The lowest BCUT2D eigenvalue weighted by Crippen LogP contribution is -2.16. The van der Waals surface area contributed by atoms with Gasteiger partial charge in [0.05, 0.1) is 132 Å². The van der Waals surface area contributed by atoms with E-state index in [1.807, 2.05) is 0 Å². The highest BCUT2D eigenvalue weighted by Crippen LogP contribution is 2.06. The predicted molar refractivity (Wildman–Crippen MR) is 197 cm³/mol. The van der Waals surface area contributed by atoms with Gasteiger partial charge in [-0.3, -0.25) is 9.59 Å². The quantitative estimate of drug-likeness (QED) is 0.0610. The number of carbonyl (C=O) groups excluding carboxylic acids is 2. The molecule has 0 unspecified atom stereocenters. The van der Waals surface area contributed by atoms with Crippen molar-refractivity contribution in [2.75, 3.05) is 145 Å². The third kappa shape index (κ3) is 44.7. The van der Waals surface area contributed by atoms with E-state index in [0.717, 1.165) is 25.7 Å². The maximum Gasteiger partial charge on any atom is 0.305 e. The molecule has 0 atom stereocenters. The number of rotatable bonds is 45. The van der Waals surface area contributed by atoms with Gasteiger partial charge in [-0.25, -0.2) is 0 Å². The predicted octanol–water partition coefficient (Wildman–Crippen LogP) is 4.96. The van der Waals surface area contributed by atoms with Gasteiger partial charge in [0, 0.05) is 12.8 Å². The maximum atomic E-state index is 11.6. The van der Waals surface area contributed by atoms with Crippen LogP contribution in [0.5, 0.6) is 0 Å². The summed E-state index contributed by atoms with van der Waals surface area (Å²) in [6.45, 7) is 14.3. The summed E-state index contributed by atoms with van der Waals surface area (Å²) < 4.78 is 64.9. The number of esters is 2. The van der Waals surface area contributed by atoms with E-state index in [-0.39, 0.29) is 25.2 Å². The second-order valence-corrected chi connectivity index (χ2v) is 11.9. The molecule has 0 aliphatic rings. The van der Waals surface area contributed by atoms with Crippen molar-refractivity contribution in [2.24, 2.45) is 0 Å². The lowest BCUT2D eigenvalue weighted by Gasteiger charge is -2.09. The molecule has 0 rings (SSSR count). The van der Waals surface area contributed by atoms with Gasteiger partial charge in [0.2, 0.25) is 0 Å². The number of hydrogen-bond acceptors (Lipinski definition) is 14. The molecule has 0 spiro atoms. The molecule has 0 saturated carbocycles. The van der Waals surface area contributed by atoms with Gasteiger partial charge >= 0.3 is 11.9 Å². The highest BCUT2D eigenvalue weighted by molar-refractivity contribution is 5.69. The first-order valence-electron chi connectivity index (χ1n) is 19.8. The molecule has 0 aromatic rings. The average Bonchev–Trinajstić information content (AvgIpc) is 3.14. The summed E-state index contributed by atoms with van der Waals surface area (Å²) in [6, 6.07) is 0. The van der Waals surface area contributed by atoms with Crippen LogP contribution >= 0.6 is 0 Å². The largest absolute Gasteiger partial charge is 0.463 e. The Labute approximate surface area is 314 Å². The van der Waals surface area contributed by atoms with Gasteiger partial charge in [-0.2, -0.15) is 0 Å². The summed E-state index contributed by atoms with van der Waals surface area (Å²) in [5.41, 5.74) is 0. The molecule has 0 radical (unpaired) electrons. The monoisotopic (exact) mass is 755 g/mol. The second kappa shape index (κ2) is 45.7. The van der Waals surface area contributed by atoms with Crippen LogP contribution in [0.3, 0.4) is 0 Å². The van der Waals surface area contributed by atoms with E-state index in [1.165, 1.54) is 38.5 Å². The summed E-state index contributed by atoms with van der Waals surface area (Å²) in [4.78, 5) is 23.2. The molecule has 0 aliphatic heterocycles. The summed E-state index contributed by atoms with van der Waals surface area (Å²) in [7, 11) is 0. The van der Waals surface area contributed by atoms with Gasteiger partial charge in [-0.1, -0.05) is 65.2 Å². The van der Waals surface area contributed by atoms with Crippen molar-refractivity contribution in [3.05, 3.63) is 0 Å². The smallest absolute Gasteiger partial charge is 0.305 e. The molecule has 14 heteroatoms. The normalized spacial score (nSPS) is 11.3. The van der Waals surface area contributed by atoms with Crippen LogP contribution in [0.1, 0.15) is 90.9 Å². The Balaban J connectivity index is 3.12. The molecule has 14 nitrogen and oxygen atoms in total. The standard InChI is InChI=1S/C38H74O14/c1-3-5-7-9-11-13-37(39)51-35-33-49-31-29-47-27-25-45-23-21-43-19-17-41-15-16-42-18-20-44-22-24-46-26-28-48-30-32-50-34-36-52-38(40)14-12-10-8-6-4-2/h3-36H2,1-2H3. The van der Waals surface area contributed by atoms with E-state index in [2.05, 4.69) is 13.8 Å². The van der Waals surface area contributed by atoms with Crippen molar-refractivity contribution < 1.29 is 66.4 Å². The van der Waals surface area contributed by atoms with Gasteiger partial charge < -0.3 is 56.8 Å². The average molecular weight is 755 g/mol. The first kappa shape index (κ1) is 50.5. The Hall–Kier alpha value is -1.46. The Bertz CT molecular complexity index is 657. The highest BCUT2D eigenvalue weighted by Gasteiger charge is 2.04. The molecule has 0 aromatic heterocycles. The van der Waals surface area contributed by atoms with Gasteiger partial charge in [0.15, 0.2) is 0 Å². The van der Waals surface area contributed by atoms with Crippen molar-refractivity contribution in [3.8, 4) is 0 Å². The Kier molecular flexibility index (Phi) is 44.4. The molecule has 0 saturated heterocycles. The zero-order valence-electron chi connectivity index (χ0n) is 32.8. The van der Waals surface area contributed by atoms with Crippen LogP contribution in [-0.2, 0) is 66.4 Å². The Morgan fingerprint density at radius 3 is 0.673 bits per heavy atom. The summed E-state index contributed by atoms with van der Waals surface area (Å²) in [6.07, 6.45) is 12.1. The summed E-state index contributed by atoms with van der Waals surface area (Å²) in [5.74, 6) is -0.300. The first-order chi connectivity index (χ1) is 25.7. The number of carbonyl (C=O) groups is 2. The molecule has 0 fully saturated rings. The van der Waals surface area contributed by atoms with Crippen LogP contribution in [0.25, 0.3) is 0 Å². The lowest BCUT2D eigenvalue weighted by atomic mass is 10.1. The van der Waals surface area contributed by atoms with Crippen LogP contribution in [-0.4, -0.2) is 157 Å². The van der Waals surface area contributed by atoms with Crippen molar-refractivity contribution in [3.63, 3.8) is 0 Å². The van der Waals surface area contributed by atoms with Crippen LogP contribution in [0.15, 0.2) is 0 Å². The molecule has 0 amide bonds. The zero-order chi connectivity index (χ0) is 37.7. The minimum atomic E-state index is -0.150. The second-order valence-electron chi connectivity index (χ2n) is 11.9. The third-order valence-corrected chi connectivity index (χ3v) is 7.30. The van der Waals surface area contributed by atoms with E-state index < -0.39 is 0 Å². The molecule has 0 heterocycles. The number of hydrogen-bond donors (Lipinski definition) is 0. The minimum absolute atomic E-state index is 0.150. The van der Waals surface area contributed by atoms with Crippen molar-refractivity contribution >= 4 is 11.9 Å². The maximum absolute atomic E-state index is 11.6. The SMILES string of the molecule is CCCCCCCC(=O)OCCOCCOCCOCCOCCOCCOCCOCCOCCOCCOCCOC(=O)CCCCCCC. The van der Waals surface area contributed by atoms with Gasteiger partial charge in [0.25, 0.3) is 0 Å². The zero-order valence-corrected chi connectivity index (χ0v) is 32.8. The fraction of sp³-hybridized carbons (Fsp3) is 0.947. The van der Waals surface area contributed by atoms with Crippen molar-refractivity contribution in [1.29, 1.82) is 0 Å². The third-order valence-electron chi connectivity index (χ3n) is 7.30. The Morgan fingerprint density at radius 1 is 0.269 bits per heavy atom. The van der Waals surface area contributed by atoms with E-state index >= 15 is 0 Å². The highest BCUT2D eigenvalue weighted by atomic mass is 16.6. The fourth-order valence-electron chi connectivity index (χ4n) is 4.40. The molecule has 0 aromatic carbocycles. The van der Waals surface area contributed by atoms with Gasteiger partial charge in [-0.15, -0.1) is 0 Å². The molecule has 310 valence electrons. The number of unbranched alkanes of at least 4 members (excludes halogenated alkanes) is 8.